The van der Waals surface area contributed by atoms with Crippen LogP contribution in [0.25, 0.3) is 0 Å². The summed E-state index contributed by atoms with van der Waals surface area (Å²) in [6, 6.07) is 5.61. The second-order valence-electron chi connectivity index (χ2n) is 5.17. The van der Waals surface area contributed by atoms with Gasteiger partial charge in [-0.2, -0.15) is 0 Å². The van der Waals surface area contributed by atoms with Gasteiger partial charge in [-0.3, -0.25) is 4.79 Å². The topological polar surface area (TPSA) is 84.0 Å². The van der Waals surface area contributed by atoms with Gasteiger partial charge in [0.15, 0.2) is 5.96 Å². The molecular weight excluding hydrogens is 344 g/mol. The second-order valence-corrected chi connectivity index (χ2v) is 5.58. The Balaban J connectivity index is 2.46. The highest BCUT2D eigenvalue weighted by Gasteiger charge is 2.04. The number of amides is 1. The Kier molecular flexibility index (Phi) is 10.4. The number of nitrogens with one attached hydrogen (secondary N) is 3. The molecule has 0 bridgehead atoms. The van der Waals surface area contributed by atoms with Crippen LogP contribution in [0.4, 0.5) is 0 Å². The van der Waals surface area contributed by atoms with Gasteiger partial charge in [-0.25, -0.2) is 4.99 Å². The van der Waals surface area contributed by atoms with Crippen molar-refractivity contribution in [1.82, 2.24) is 16.0 Å². The molecule has 25 heavy (non-hydrogen) atoms. The number of methoxy groups -OCH3 is 2. The van der Waals surface area contributed by atoms with E-state index in [9.17, 15) is 4.79 Å². The van der Waals surface area contributed by atoms with Crippen LogP contribution in [0, 0.1) is 0 Å². The van der Waals surface area contributed by atoms with Crippen LogP contribution in [0.1, 0.15) is 12.5 Å². The van der Waals surface area contributed by atoms with E-state index < -0.39 is 0 Å². The number of rotatable bonds is 10. The second kappa shape index (κ2) is 12.4. The van der Waals surface area contributed by atoms with E-state index in [-0.39, 0.29) is 12.5 Å². The molecule has 0 aromatic heterocycles. The van der Waals surface area contributed by atoms with Crippen molar-refractivity contribution in [3.05, 3.63) is 28.8 Å². The first-order valence-corrected chi connectivity index (χ1v) is 8.58. The van der Waals surface area contributed by atoms with Crippen molar-refractivity contribution in [2.24, 2.45) is 4.99 Å². The Bertz CT molecular complexity index is 567. The third kappa shape index (κ3) is 8.60. The Morgan fingerprint density at radius 2 is 2.00 bits per heavy atom. The lowest BCUT2D eigenvalue weighted by molar-refractivity contribution is -0.119. The predicted molar refractivity (Wildman–Crippen MR) is 101 cm³/mol. The summed E-state index contributed by atoms with van der Waals surface area (Å²) >= 11 is 6.23. The normalized spacial score (nSPS) is 11.1. The van der Waals surface area contributed by atoms with Crippen molar-refractivity contribution in [1.29, 1.82) is 0 Å². The van der Waals surface area contributed by atoms with Crippen LogP contribution < -0.4 is 20.7 Å². The number of hydrogen-bond donors (Lipinski definition) is 3. The number of hydrogen-bond acceptors (Lipinski definition) is 4. The number of aliphatic imine (C=N–C) groups is 1. The maximum absolute atomic E-state index is 11.7. The van der Waals surface area contributed by atoms with Crippen molar-refractivity contribution in [2.45, 2.75) is 13.3 Å². The van der Waals surface area contributed by atoms with Gasteiger partial charge in [0.25, 0.3) is 0 Å². The molecule has 1 aromatic rings. The number of guanidine groups is 1. The number of benzene rings is 1. The first kappa shape index (κ1) is 21.1. The summed E-state index contributed by atoms with van der Waals surface area (Å²) in [7, 11) is 3.20. The fourth-order valence-corrected chi connectivity index (χ4v) is 2.28. The van der Waals surface area contributed by atoms with E-state index in [0.29, 0.717) is 37.2 Å². The summed E-state index contributed by atoms with van der Waals surface area (Å²) in [4.78, 5) is 15.9. The molecule has 0 atom stereocenters. The minimum Gasteiger partial charge on any atom is -0.497 e. The van der Waals surface area contributed by atoms with Gasteiger partial charge in [-0.05, 0) is 31.0 Å². The first-order chi connectivity index (χ1) is 12.1. The molecule has 0 spiro atoms. The minimum absolute atomic E-state index is 0.0579. The zero-order chi connectivity index (χ0) is 18.5. The summed E-state index contributed by atoms with van der Waals surface area (Å²) in [6.45, 7) is 4.34. The molecule has 0 radical (unpaired) electrons. The fraction of sp³-hybridized carbons (Fsp3) is 0.529. The van der Waals surface area contributed by atoms with Gasteiger partial charge in [0.2, 0.25) is 5.91 Å². The predicted octanol–water partition coefficient (Wildman–Crippen LogP) is 1.21. The van der Waals surface area contributed by atoms with Crippen LogP contribution in [-0.4, -0.2) is 58.9 Å². The lowest BCUT2D eigenvalue weighted by Gasteiger charge is -2.12. The number of carbonyl (C=O) groups is 1. The van der Waals surface area contributed by atoms with Crippen LogP contribution in [0.5, 0.6) is 5.75 Å². The van der Waals surface area contributed by atoms with Crippen molar-refractivity contribution >= 4 is 23.5 Å². The van der Waals surface area contributed by atoms with Crippen molar-refractivity contribution in [3.8, 4) is 5.75 Å². The van der Waals surface area contributed by atoms with Gasteiger partial charge in [0, 0.05) is 31.8 Å². The van der Waals surface area contributed by atoms with E-state index in [4.69, 9.17) is 21.1 Å². The lowest BCUT2D eigenvalue weighted by Crippen LogP contribution is -2.39. The van der Waals surface area contributed by atoms with E-state index in [2.05, 4.69) is 20.9 Å². The van der Waals surface area contributed by atoms with Crippen molar-refractivity contribution < 1.29 is 14.3 Å². The standard InChI is InChI=1S/C17H27ClN4O3/c1-4-19-17(22-12-16(23)20-9-10-24-2)21-8-7-13-5-6-14(25-3)11-15(13)18/h5-6,11H,4,7-10,12H2,1-3H3,(H,20,23)(H2,19,21,22). The first-order valence-electron chi connectivity index (χ1n) is 8.21. The molecule has 0 saturated carbocycles. The van der Waals surface area contributed by atoms with Crippen LogP contribution in [-0.2, 0) is 16.0 Å². The van der Waals surface area contributed by atoms with E-state index in [1.54, 1.807) is 20.3 Å². The molecule has 1 amide bonds. The zero-order valence-corrected chi connectivity index (χ0v) is 15.8. The van der Waals surface area contributed by atoms with Crippen LogP contribution in [0.2, 0.25) is 5.02 Å². The van der Waals surface area contributed by atoms with Crippen LogP contribution in [0.15, 0.2) is 23.2 Å². The van der Waals surface area contributed by atoms with Gasteiger partial charge in [0.1, 0.15) is 12.3 Å². The molecule has 0 aliphatic rings. The van der Waals surface area contributed by atoms with Crippen molar-refractivity contribution in [3.63, 3.8) is 0 Å². The molecule has 0 unspecified atom stereocenters. The molecule has 0 aliphatic heterocycles. The molecule has 140 valence electrons. The number of ether oxygens (including phenoxy) is 2. The van der Waals surface area contributed by atoms with Gasteiger partial charge >= 0.3 is 0 Å². The molecular formula is C17H27ClN4O3. The zero-order valence-electron chi connectivity index (χ0n) is 15.0. The number of carbonyl (C=O) groups excluding carboxylic acids is 1. The molecule has 0 saturated heterocycles. The number of nitrogens with zero attached hydrogens (tertiary/aromatic N) is 1. The van der Waals surface area contributed by atoms with Gasteiger partial charge < -0.3 is 25.4 Å². The molecule has 1 aromatic carbocycles. The van der Waals surface area contributed by atoms with E-state index >= 15 is 0 Å². The quantitative estimate of drug-likeness (QED) is 0.327. The maximum atomic E-state index is 11.7. The molecule has 1 rings (SSSR count). The number of halogens is 1. The van der Waals surface area contributed by atoms with Crippen molar-refractivity contribution in [2.75, 3.05) is 47.0 Å². The molecule has 0 heterocycles. The maximum Gasteiger partial charge on any atom is 0.241 e. The van der Waals surface area contributed by atoms with Gasteiger partial charge in [0.05, 0.1) is 13.7 Å². The molecule has 7 nitrogen and oxygen atoms in total. The smallest absolute Gasteiger partial charge is 0.241 e. The SMILES string of the molecule is CCNC(=NCC(=O)NCCOC)NCCc1ccc(OC)cc1Cl. The van der Waals surface area contributed by atoms with Gasteiger partial charge in [-0.15, -0.1) is 0 Å². The molecule has 3 N–H and O–H groups in total. The summed E-state index contributed by atoms with van der Waals surface area (Å²) in [6.07, 6.45) is 0.729. The van der Waals surface area contributed by atoms with Crippen LogP contribution in [0.3, 0.4) is 0 Å². The highest BCUT2D eigenvalue weighted by atomic mass is 35.5. The summed E-state index contributed by atoms with van der Waals surface area (Å²) in [5.74, 6) is 1.18. The summed E-state index contributed by atoms with van der Waals surface area (Å²) < 4.78 is 10.0. The van der Waals surface area contributed by atoms with Gasteiger partial charge in [-0.1, -0.05) is 17.7 Å². The molecule has 0 aliphatic carbocycles. The Morgan fingerprint density at radius 3 is 2.64 bits per heavy atom. The minimum atomic E-state index is -0.146. The van der Waals surface area contributed by atoms with E-state index in [1.807, 2.05) is 19.1 Å². The van der Waals surface area contributed by atoms with E-state index in [0.717, 1.165) is 17.7 Å². The lowest BCUT2D eigenvalue weighted by atomic mass is 10.1. The average Bonchev–Trinajstić information content (AvgIpc) is 2.61. The highest BCUT2D eigenvalue weighted by molar-refractivity contribution is 6.31. The average molecular weight is 371 g/mol. The third-order valence-electron chi connectivity index (χ3n) is 3.30. The largest absolute Gasteiger partial charge is 0.497 e. The van der Waals surface area contributed by atoms with Crippen LogP contribution >= 0.6 is 11.6 Å². The molecule has 8 heteroatoms. The summed E-state index contributed by atoms with van der Waals surface area (Å²) in [5, 5.41) is 9.69. The highest BCUT2D eigenvalue weighted by Crippen LogP contribution is 2.22. The Morgan fingerprint density at radius 1 is 1.20 bits per heavy atom. The Labute approximate surface area is 154 Å². The third-order valence-corrected chi connectivity index (χ3v) is 3.65. The van der Waals surface area contributed by atoms with E-state index in [1.165, 1.54) is 0 Å². The Hall–Kier alpha value is -1.99. The monoisotopic (exact) mass is 370 g/mol. The molecule has 0 fully saturated rings. The summed E-state index contributed by atoms with van der Waals surface area (Å²) in [5.41, 5.74) is 1.02. The fourth-order valence-electron chi connectivity index (χ4n) is 2.01.